The van der Waals surface area contributed by atoms with Crippen LogP contribution in [0.25, 0.3) is 0 Å². The van der Waals surface area contributed by atoms with Gasteiger partial charge in [0.1, 0.15) is 5.69 Å². The van der Waals surface area contributed by atoms with Crippen molar-refractivity contribution in [3.8, 4) is 0 Å². The number of hydrogen-bond donors (Lipinski definition) is 3. The highest BCUT2D eigenvalue weighted by molar-refractivity contribution is 9.10. The monoisotopic (exact) mass is 468 g/mol. The molecule has 28 heavy (non-hydrogen) atoms. The number of hydrogen-bond acceptors (Lipinski definition) is 4. The van der Waals surface area contributed by atoms with Gasteiger partial charge >= 0.3 is 0 Å². The summed E-state index contributed by atoms with van der Waals surface area (Å²) in [5, 5.41) is 0. The molecule has 1 aliphatic heterocycles. The fraction of sp³-hybridized carbons (Fsp3) is 0.333. The van der Waals surface area contributed by atoms with Crippen LogP contribution in [0.2, 0.25) is 0 Å². The van der Waals surface area contributed by atoms with Crippen LogP contribution in [-0.2, 0) is 10.0 Å². The summed E-state index contributed by atoms with van der Waals surface area (Å²) in [5.41, 5.74) is 5.69. The normalized spacial score (nSPS) is 15.2. The molecule has 10 heteroatoms. The van der Waals surface area contributed by atoms with Gasteiger partial charge in [-0.15, -0.1) is 0 Å². The predicted molar refractivity (Wildman–Crippen MR) is 107 cm³/mol. The maximum atomic E-state index is 12.8. The van der Waals surface area contributed by atoms with Crippen molar-refractivity contribution in [1.29, 1.82) is 0 Å². The first-order valence-corrected chi connectivity index (χ1v) is 11.1. The summed E-state index contributed by atoms with van der Waals surface area (Å²) in [6, 6.07) is 6.02. The number of sulfonamides is 1. The fourth-order valence-electron chi connectivity index (χ4n) is 3.01. The highest BCUT2D eigenvalue weighted by Crippen LogP contribution is 2.22. The van der Waals surface area contributed by atoms with Crippen molar-refractivity contribution >= 4 is 37.8 Å². The van der Waals surface area contributed by atoms with Gasteiger partial charge in [-0.2, -0.15) is 4.31 Å². The lowest BCUT2D eigenvalue weighted by atomic mass is 10.1. The third kappa shape index (κ3) is 4.45. The second kappa shape index (κ2) is 8.46. The lowest BCUT2D eigenvalue weighted by Crippen LogP contribution is -2.42. The van der Waals surface area contributed by atoms with E-state index in [-0.39, 0.29) is 16.2 Å². The van der Waals surface area contributed by atoms with Crippen LogP contribution >= 0.6 is 15.9 Å². The van der Waals surface area contributed by atoms with Gasteiger partial charge in [0.25, 0.3) is 11.8 Å². The summed E-state index contributed by atoms with van der Waals surface area (Å²) < 4.78 is 27.8. The minimum atomic E-state index is -3.65. The second-order valence-electron chi connectivity index (χ2n) is 6.58. The Morgan fingerprint density at radius 3 is 2.39 bits per heavy atom. The Labute approximate surface area is 171 Å². The number of H-pyrrole nitrogens is 1. The number of nitrogens with zero attached hydrogens (tertiary/aromatic N) is 1. The summed E-state index contributed by atoms with van der Waals surface area (Å²) >= 11 is 3.23. The number of rotatable bonds is 4. The van der Waals surface area contributed by atoms with E-state index in [0.29, 0.717) is 23.1 Å². The molecular weight excluding hydrogens is 448 g/mol. The number of amides is 2. The Kier molecular flexibility index (Phi) is 6.21. The molecule has 1 aromatic carbocycles. The average Bonchev–Trinajstić information content (AvgIpc) is 3.13. The quantitative estimate of drug-likeness (QED) is 0.597. The van der Waals surface area contributed by atoms with E-state index in [4.69, 9.17) is 0 Å². The summed E-state index contributed by atoms with van der Waals surface area (Å²) in [6.45, 7) is 2.68. The van der Waals surface area contributed by atoms with E-state index in [1.807, 2.05) is 0 Å². The maximum absolute atomic E-state index is 12.8. The van der Waals surface area contributed by atoms with E-state index in [9.17, 15) is 18.0 Å². The number of hydrazine groups is 1. The predicted octanol–water partition coefficient (Wildman–Crippen LogP) is 2.34. The maximum Gasteiger partial charge on any atom is 0.286 e. The molecule has 1 saturated heterocycles. The standard InChI is InChI=1S/C18H21BrN4O4S/c1-12-5-6-14(28(26,27)23-7-3-2-4-8-23)10-15(12)17(24)21-22-18(25)16-9-13(19)11-20-16/h5-6,9-11,20H,2-4,7-8H2,1H3,(H,21,24)(H,22,25). The lowest BCUT2D eigenvalue weighted by Gasteiger charge is -2.26. The number of piperidine rings is 1. The van der Waals surface area contributed by atoms with Gasteiger partial charge in [0.15, 0.2) is 0 Å². The first-order valence-electron chi connectivity index (χ1n) is 8.84. The second-order valence-corrected chi connectivity index (χ2v) is 9.43. The molecule has 2 amide bonds. The summed E-state index contributed by atoms with van der Waals surface area (Å²) in [7, 11) is -3.65. The van der Waals surface area contributed by atoms with Crippen LogP contribution < -0.4 is 10.9 Å². The molecule has 0 spiro atoms. The molecule has 3 N–H and O–H groups in total. The first kappa shape index (κ1) is 20.6. The SMILES string of the molecule is Cc1ccc(S(=O)(=O)N2CCCCC2)cc1C(=O)NNC(=O)c1cc(Br)c[nH]1. The zero-order valence-electron chi connectivity index (χ0n) is 15.3. The van der Waals surface area contributed by atoms with E-state index in [2.05, 4.69) is 31.8 Å². The van der Waals surface area contributed by atoms with E-state index >= 15 is 0 Å². The molecule has 0 unspecified atom stereocenters. The Bertz CT molecular complexity index is 997. The molecule has 0 radical (unpaired) electrons. The van der Waals surface area contributed by atoms with Crippen molar-refractivity contribution in [2.24, 2.45) is 0 Å². The molecule has 3 rings (SSSR count). The van der Waals surface area contributed by atoms with E-state index in [1.165, 1.54) is 16.4 Å². The zero-order chi connectivity index (χ0) is 20.3. The van der Waals surface area contributed by atoms with Crippen molar-refractivity contribution in [2.45, 2.75) is 31.1 Å². The van der Waals surface area contributed by atoms with Crippen LogP contribution in [0.5, 0.6) is 0 Å². The van der Waals surface area contributed by atoms with Gasteiger partial charge in [-0.25, -0.2) is 8.42 Å². The van der Waals surface area contributed by atoms with Gasteiger partial charge in [0.2, 0.25) is 10.0 Å². The number of aromatic nitrogens is 1. The molecule has 150 valence electrons. The van der Waals surface area contributed by atoms with Gasteiger partial charge in [-0.3, -0.25) is 20.4 Å². The molecule has 0 bridgehead atoms. The van der Waals surface area contributed by atoms with Crippen molar-refractivity contribution in [3.63, 3.8) is 0 Å². The van der Waals surface area contributed by atoms with Crippen LogP contribution in [0, 0.1) is 6.92 Å². The molecule has 1 aliphatic rings. The minimum Gasteiger partial charge on any atom is -0.356 e. The molecule has 0 atom stereocenters. The topological polar surface area (TPSA) is 111 Å². The highest BCUT2D eigenvalue weighted by Gasteiger charge is 2.27. The van der Waals surface area contributed by atoms with Crippen LogP contribution in [0.4, 0.5) is 0 Å². The van der Waals surface area contributed by atoms with Gasteiger partial charge in [0, 0.05) is 29.3 Å². The van der Waals surface area contributed by atoms with Crippen molar-refractivity contribution in [3.05, 3.63) is 51.8 Å². The van der Waals surface area contributed by atoms with Gasteiger partial charge < -0.3 is 4.98 Å². The first-order chi connectivity index (χ1) is 13.3. The van der Waals surface area contributed by atoms with E-state index in [1.54, 1.807) is 25.3 Å². The number of halogens is 1. The summed E-state index contributed by atoms with van der Waals surface area (Å²) in [4.78, 5) is 27.4. The molecular formula is C18H21BrN4O4S. The number of nitrogens with one attached hydrogen (secondary N) is 3. The largest absolute Gasteiger partial charge is 0.356 e. The number of aromatic amines is 1. The Hall–Kier alpha value is -2.17. The average molecular weight is 469 g/mol. The fourth-order valence-corrected chi connectivity index (χ4v) is 4.89. The molecule has 0 aliphatic carbocycles. The van der Waals surface area contributed by atoms with Crippen LogP contribution in [0.3, 0.4) is 0 Å². The van der Waals surface area contributed by atoms with Crippen molar-refractivity contribution in [2.75, 3.05) is 13.1 Å². The van der Waals surface area contributed by atoms with Gasteiger partial charge in [-0.05, 0) is 59.5 Å². The molecule has 8 nitrogen and oxygen atoms in total. The Balaban J connectivity index is 1.75. The van der Waals surface area contributed by atoms with Crippen LogP contribution in [-0.4, -0.2) is 42.6 Å². The summed E-state index contributed by atoms with van der Waals surface area (Å²) in [6.07, 6.45) is 4.28. The van der Waals surface area contributed by atoms with E-state index < -0.39 is 21.8 Å². The Morgan fingerprint density at radius 1 is 1.07 bits per heavy atom. The van der Waals surface area contributed by atoms with Crippen molar-refractivity contribution < 1.29 is 18.0 Å². The summed E-state index contributed by atoms with van der Waals surface area (Å²) in [5.74, 6) is -1.11. The number of carbonyl (C=O) groups is 2. The third-order valence-electron chi connectivity index (χ3n) is 4.59. The van der Waals surface area contributed by atoms with Crippen molar-refractivity contribution in [1.82, 2.24) is 20.1 Å². The van der Waals surface area contributed by atoms with Crippen LogP contribution in [0.1, 0.15) is 45.7 Å². The minimum absolute atomic E-state index is 0.0739. The Morgan fingerprint density at radius 2 is 1.75 bits per heavy atom. The highest BCUT2D eigenvalue weighted by atomic mass is 79.9. The van der Waals surface area contributed by atoms with Gasteiger partial charge in [-0.1, -0.05) is 12.5 Å². The number of aryl methyl sites for hydroxylation is 1. The molecule has 1 fully saturated rings. The molecule has 0 saturated carbocycles. The van der Waals surface area contributed by atoms with Gasteiger partial charge in [0.05, 0.1) is 4.90 Å². The number of benzene rings is 1. The number of carbonyl (C=O) groups excluding carboxylic acids is 2. The smallest absolute Gasteiger partial charge is 0.286 e. The molecule has 2 heterocycles. The lowest BCUT2D eigenvalue weighted by molar-refractivity contribution is 0.0843. The molecule has 1 aromatic heterocycles. The molecule has 2 aromatic rings. The van der Waals surface area contributed by atoms with E-state index in [0.717, 1.165) is 19.3 Å². The van der Waals surface area contributed by atoms with Crippen LogP contribution in [0.15, 0.2) is 39.8 Å². The third-order valence-corrected chi connectivity index (χ3v) is 6.94. The zero-order valence-corrected chi connectivity index (χ0v) is 17.7.